The van der Waals surface area contributed by atoms with Gasteiger partial charge in [-0.25, -0.2) is 0 Å². The summed E-state index contributed by atoms with van der Waals surface area (Å²) >= 11 is 0. The van der Waals surface area contributed by atoms with Gasteiger partial charge in [0, 0.05) is 26.2 Å². The number of hydrogen-bond acceptors (Lipinski definition) is 3. The quantitative estimate of drug-likeness (QED) is 0.794. The Labute approximate surface area is 117 Å². The van der Waals surface area contributed by atoms with E-state index in [4.69, 9.17) is 5.73 Å². The van der Waals surface area contributed by atoms with Crippen molar-refractivity contribution in [1.29, 1.82) is 0 Å². The summed E-state index contributed by atoms with van der Waals surface area (Å²) in [6.07, 6.45) is 5.59. The second-order valence-electron chi connectivity index (χ2n) is 5.86. The predicted molar refractivity (Wildman–Crippen MR) is 76.9 cm³/mol. The minimum atomic E-state index is -3.28. The Hall–Kier alpha value is -0.170. The van der Waals surface area contributed by atoms with E-state index in [1.807, 2.05) is 6.92 Å². The van der Waals surface area contributed by atoms with Crippen molar-refractivity contribution < 1.29 is 8.42 Å². The number of nitrogens with two attached hydrogens (primary N) is 1. The molecule has 112 valence electrons. The molecule has 1 unspecified atom stereocenters. The van der Waals surface area contributed by atoms with Crippen LogP contribution in [0.1, 0.15) is 39.0 Å². The zero-order valence-corrected chi connectivity index (χ0v) is 12.7. The van der Waals surface area contributed by atoms with Gasteiger partial charge in [-0.15, -0.1) is 0 Å². The van der Waals surface area contributed by atoms with Gasteiger partial charge < -0.3 is 5.73 Å². The Balaban J connectivity index is 2.01. The molecule has 0 bridgehead atoms. The van der Waals surface area contributed by atoms with Gasteiger partial charge in [0.2, 0.25) is 0 Å². The third kappa shape index (κ3) is 3.48. The first-order valence-corrected chi connectivity index (χ1v) is 8.93. The molecule has 6 heteroatoms. The van der Waals surface area contributed by atoms with Gasteiger partial charge in [-0.2, -0.15) is 17.0 Å². The smallest absolute Gasteiger partial charge is 0.281 e. The molecule has 0 spiro atoms. The minimum absolute atomic E-state index is 0.325. The van der Waals surface area contributed by atoms with Crippen molar-refractivity contribution in [3.63, 3.8) is 0 Å². The van der Waals surface area contributed by atoms with Crippen LogP contribution in [0.4, 0.5) is 0 Å². The highest BCUT2D eigenvalue weighted by Crippen LogP contribution is 2.29. The van der Waals surface area contributed by atoms with Gasteiger partial charge in [-0.3, -0.25) is 0 Å². The van der Waals surface area contributed by atoms with Crippen LogP contribution >= 0.6 is 0 Å². The van der Waals surface area contributed by atoms with Crippen LogP contribution in [0.3, 0.4) is 0 Å². The third-order valence-electron chi connectivity index (χ3n) is 4.51. The molecular weight excluding hydrogens is 262 g/mol. The fraction of sp³-hybridized carbons (Fsp3) is 1.00. The van der Waals surface area contributed by atoms with Gasteiger partial charge in [0.25, 0.3) is 10.2 Å². The molecule has 2 fully saturated rings. The van der Waals surface area contributed by atoms with Crippen molar-refractivity contribution in [2.75, 3.05) is 32.7 Å². The lowest BCUT2D eigenvalue weighted by Gasteiger charge is -2.37. The van der Waals surface area contributed by atoms with Crippen molar-refractivity contribution >= 4 is 10.2 Å². The lowest BCUT2D eigenvalue weighted by Crippen LogP contribution is -2.50. The SMILES string of the molecule is CCN(CC1CCC1)S(=O)(=O)N1CCCC(CN)C1. The van der Waals surface area contributed by atoms with Crippen LogP contribution in [0.2, 0.25) is 0 Å². The van der Waals surface area contributed by atoms with Crippen LogP contribution in [-0.4, -0.2) is 49.8 Å². The molecule has 0 aromatic carbocycles. The highest BCUT2D eigenvalue weighted by Gasteiger charge is 2.34. The summed E-state index contributed by atoms with van der Waals surface area (Å²) in [5.41, 5.74) is 5.69. The van der Waals surface area contributed by atoms with Crippen LogP contribution in [-0.2, 0) is 10.2 Å². The molecule has 0 radical (unpaired) electrons. The highest BCUT2D eigenvalue weighted by atomic mass is 32.2. The molecule has 0 amide bonds. The van der Waals surface area contributed by atoms with Gasteiger partial charge in [-0.1, -0.05) is 13.3 Å². The standard InChI is InChI=1S/C13H27N3O2S/c1-2-15(10-12-5-3-6-12)19(17,18)16-8-4-7-13(9-14)11-16/h12-13H,2-11,14H2,1H3. The van der Waals surface area contributed by atoms with E-state index >= 15 is 0 Å². The van der Waals surface area contributed by atoms with Crippen molar-refractivity contribution in [3.8, 4) is 0 Å². The van der Waals surface area contributed by atoms with Crippen LogP contribution in [0, 0.1) is 11.8 Å². The molecule has 1 saturated carbocycles. The van der Waals surface area contributed by atoms with E-state index in [9.17, 15) is 8.42 Å². The summed E-state index contributed by atoms with van der Waals surface area (Å²) in [6.45, 7) is 5.03. The molecular formula is C13H27N3O2S. The van der Waals surface area contributed by atoms with Gasteiger partial charge in [-0.05, 0) is 44.1 Å². The van der Waals surface area contributed by atoms with Gasteiger partial charge in [0.05, 0.1) is 0 Å². The summed E-state index contributed by atoms with van der Waals surface area (Å²) < 4.78 is 28.6. The summed E-state index contributed by atoms with van der Waals surface area (Å²) in [5, 5.41) is 0. The van der Waals surface area contributed by atoms with Crippen LogP contribution in [0.25, 0.3) is 0 Å². The van der Waals surface area contributed by atoms with E-state index in [1.165, 1.54) is 19.3 Å². The van der Waals surface area contributed by atoms with Crippen LogP contribution in [0.5, 0.6) is 0 Å². The first kappa shape index (κ1) is 15.2. The molecule has 1 aliphatic heterocycles. The molecule has 19 heavy (non-hydrogen) atoms. The van der Waals surface area contributed by atoms with E-state index in [-0.39, 0.29) is 0 Å². The van der Waals surface area contributed by atoms with Crippen molar-refractivity contribution in [1.82, 2.24) is 8.61 Å². The van der Waals surface area contributed by atoms with Gasteiger partial charge in [0.1, 0.15) is 0 Å². The fourth-order valence-corrected chi connectivity index (χ4v) is 4.75. The maximum atomic E-state index is 12.7. The molecule has 2 aliphatic rings. The molecule has 1 heterocycles. The van der Waals surface area contributed by atoms with Gasteiger partial charge in [0.15, 0.2) is 0 Å². The summed E-state index contributed by atoms with van der Waals surface area (Å²) in [7, 11) is -3.28. The molecule has 1 saturated heterocycles. The zero-order valence-electron chi connectivity index (χ0n) is 11.9. The van der Waals surface area contributed by atoms with Gasteiger partial charge >= 0.3 is 0 Å². The number of hydrogen-bond donors (Lipinski definition) is 1. The summed E-state index contributed by atoms with van der Waals surface area (Å²) in [6, 6.07) is 0. The van der Waals surface area contributed by atoms with Crippen molar-refractivity contribution in [3.05, 3.63) is 0 Å². The lowest BCUT2D eigenvalue weighted by atomic mass is 9.85. The summed E-state index contributed by atoms with van der Waals surface area (Å²) in [5.74, 6) is 0.899. The molecule has 0 aromatic heterocycles. The monoisotopic (exact) mass is 289 g/mol. The topological polar surface area (TPSA) is 66.6 Å². The summed E-state index contributed by atoms with van der Waals surface area (Å²) in [4.78, 5) is 0. The molecule has 5 nitrogen and oxygen atoms in total. The Morgan fingerprint density at radius 3 is 2.42 bits per heavy atom. The van der Waals surface area contributed by atoms with E-state index in [0.717, 1.165) is 12.8 Å². The third-order valence-corrected chi connectivity index (χ3v) is 6.55. The van der Waals surface area contributed by atoms with E-state index in [1.54, 1.807) is 8.61 Å². The molecule has 1 aliphatic carbocycles. The normalized spacial score (nSPS) is 26.6. The Kier molecular flexibility index (Phi) is 5.22. The van der Waals surface area contributed by atoms with Crippen molar-refractivity contribution in [2.24, 2.45) is 17.6 Å². The Morgan fingerprint density at radius 1 is 1.21 bits per heavy atom. The van der Waals surface area contributed by atoms with E-state index in [2.05, 4.69) is 0 Å². The molecule has 2 rings (SSSR count). The fourth-order valence-electron chi connectivity index (χ4n) is 2.94. The first-order valence-electron chi connectivity index (χ1n) is 7.53. The Morgan fingerprint density at radius 2 is 1.89 bits per heavy atom. The Bertz CT molecular complexity index is 371. The van der Waals surface area contributed by atoms with Crippen molar-refractivity contribution in [2.45, 2.75) is 39.0 Å². The minimum Gasteiger partial charge on any atom is -0.330 e. The lowest BCUT2D eigenvalue weighted by molar-refractivity contribution is 0.219. The van der Waals surface area contributed by atoms with E-state index < -0.39 is 10.2 Å². The largest absolute Gasteiger partial charge is 0.330 e. The number of piperidine rings is 1. The first-order chi connectivity index (χ1) is 9.07. The number of rotatable bonds is 6. The predicted octanol–water partition coefficient (Wildman–Crippen LogP) is 1.02. The highest BCUT2D eigenvalue weighted by molar-refractivity contribution is 7.86. The molecule has 2 N–H and O–H groups in total. The maximum absolute atomic E-state index is 12.7. The maximum Gasteiger partial charge on any atom is 0.281 e. The molecule has 0 aromatic rings. The average molecular weight is 289 g/mol. The van der Waals surface area contributed by atoms with E-state index in [0.29, 0.717) is 44.6 Å². The van der Waals surface area contributed by atoms with Crippen LogP contribution in [0.15, 0.2) is 0 Å². The zero-order chi connectivity index (χ0) is 13.9. The second kappa shape index (κ2) is 6.52. The van der Waals surface area contributed by atoms with Crippen LogP contribution < -0.4 is 5.73 Å². The molecule has 1 atom stereocenters. The average Bonchev–Trinajstić information content (AvgIpc) is 2.37. The second-order valence-corrected chi connectivity index (χ2v) is 7.79. The number of nitrogens with zero attached hydrogens (tertiary/aromatic N) is 2.